The van der Waals surface area contributed by atoms with Gasteiger partial charge in [-0.25, -0.2) is 0 Å². The van der Waals surface area contributed by atoms with Crippen LogP contribution in [0.3, 0.4) is 0 Å². The maximum atomic E-state index is 10.4. The average molecular weight is 668 g/mol. The summed E-state index contributed by atoms with van der Waals surface area (Å²) in [6, 6.07) is 21.3. The van der Waals surface area contributed by atoms with Crippen LogP contribution in [0.2, 0.25) is 0 Å². The zero-order valence-electron chi connectivity index (χ0n) is 29.9. The van der Waals surface area contributed by atoms with Crippen molar-refractivity contribution in [2.45, 2.75) is 31.8 Å². The summed E-state index contributed by atoms with van der Waals surface area (Å²) in [5.41, 5.74) is 4.04. The fourth-order valence-electron chi connectivity index (χ4n) is 4.84. The van der Waals surface area contributed by atoms with Crippen LogP contribution < -0.4 is 58.0 Å². The van der Waals surface area contributed by atoms with Crippen molar-refractivity contribution in [2.75, 3.05) is 42.7 Å². The molecule has 3 N–H and O–H groups in total. The van der Waals surface area contributed by atoms with Gasteiger partial charge >= 0.3 is 29.6 Å². The monoisotopic (exact) mass is 667 g/mol. The third kappa shape index (κ3) is 11.6. The second-order valence-corrected chi connectivity index (χ2v) is 10.3. The fraction of sp³-hybridized carbons (Fsp3) is 0.297. The molecule has 1 unspecified atom stereocenters. The second-order valence-electron chi connectivity index (χ2n) is 10.3. The molecule has 0 heterocycles. The SMILES string of the molecule is C=C(CCc1ccc(OC)cc1OC)c1cc(OC)ccc1O.COc1ccc(CCC(O)c2cc(OC)ccc2O)c(OC)c1.[B].[H-].[Na+]. The average Bonchev–Trinajstić information content (AvgIpc) is 3.09. The van der Waals surface area contributed by atoms with Gasteiger partial charge in [0.05, 0.1) is 48.8 Å². The molecular weight excluding hydrogens is 622 g/mol. The van der Waals surface area contributed by atoms with Crippen LogP contribution in [0.1, 0.15) is 42.6 Å². The molecule has 1 atom stereocenters. The second kappa shape index (κ2) is 21.1. The van der Waals surface area contributed by atoms with Gasteiger partial charge in [0.1, 0.15) is 46.0 Å². The Morgan fingerprint density at radius 3 is 1.56 bits per heavy atom. The third-order valence-electron chi connectivity index (χ3n) is 7.55. The van der Waals surface area contributed by atoms with E-state index in [0.717, 1.165) is 40.4 Å². The summed E-state index contributed by atoms with van der Waals surface area (Å²) in [5.74, 6) is 4.53. The van der Waals surface area contributed by atoms with Gasteiger partial charge in [0.2, 0.25) is 0 Å². The number of hydrogen-bond acceptors (Lipinski definition) is 9. The topological polar surface area (TPSA) is 116 Å². The predicted molar refractivity (Wildman–Crippen MR) is 186 cm³/mol. The first kappa shape index (κ1) is 42.1. The molecular formula is C37H45BNaO9. The molecule has 0 aliphatic rings. The molecule has 0 fully saturated rings. The Morgan fingerprint density at radius 1 is 0.625 bits per heavy atom. The number of aryl methyl sites for hydroxylation is 2. The zero-order chi connectivity index (χ0) is 33.6. The number of hydrogen-bond donors (Lipinski definition) is 3. The fourth-order valence-corrected chi connectivity index (χ4v) is 4.84. The van der Waals surface area contributed by atoms with Crippen LogP contribution in [0.5, 0.6) is 46.0 Å². The Balaban J connectivity index is 0.000000886. The van der Waals surface area contributed by atoms with Crippen LogP contribution in [0.25, 0.3) is 5.57 Å². The third-order valence-corrected chi connectivity index (χ3v) is 7.55. The number of rotatable bonds is 14. The van der Waals surface area contributed by atoms with Gasteiger partial charge < -0.3 is 45.2 Å². The predicted octanol–water partition coefficient (Wildman–Crippen LogP) is 3.88. The van der Waals surface area contributed by atoms with Gasteiger partial charge in [-0.05, 0) is 90.9 Å². The molecule has 0 spiro atoms. The summed E-state index contributed by atoms with van der Waals surface area (Å²) in [4.78, 5) is 0. The van der Waals surface area contributed by atoms with Crippen LogP contribution in [0.4, 0.5) is 0 Å². The van der Waals surface area contributed by atoms with Gasteiger partial charge in [0.25, 0.3) is 0 Å². The quantitative estimate of drug-likeness (QED) is 0.172. The van der Waals surface area contributed by atoms with Crippen molar-refractivity contribution in [1.82, 2.24) is 0 Å². The van der Waals surface area contributed by atoms with E-state index in [9.17, 15) is 15.3 Å². The Bertz CT molecular complexity index is 1600. The maximum Gasteiger partial charge on any atom is 1.00 e. The maximum absolute atomic E-state index is 10.4. The van der Waals surface area contributed by atoms with Crippen LogP contribution in [-0.4, -0.2) is 66.4 Å². The Labute approximate surface area is 309 Å². The van der Waals surface area contributed by atoms with Gasteiger partial charge in [0, 0.05) is 31.7 Å². The molecule has 251 valence electrons. The minimum absolute atomic E-state index is 0. The van der Waals surface area contributed by atoms with E-state index in [1.807, 2.05) is 36.4 Å². The zero-order valence-corrected chi connectivity index (χ0v) is 30.9. The first-order chi connectivity index (χ1) is 22.2. The van der Waals surface area contributed by atoms with Crippen LogP contribution >= 0.6 is 0 Å². The number of aliphatic hydroxyl groups is 1. The number of aliphatic hydroxyl groups excluding tert-OH is 1. The molecule has 0 saturated carbocycles. The van der Waals surface area contributed by atoms with Gasteiger partial charge in [-0.1, -0.05) is 18.7 Å². The van der Waals surface area contributed by atoms with Crippen molar-refractivity contribution < 1.29 is 74.7 Å². The Morgan fingerprint density at radius 2 is 1.06 bits per heavy atom. The molecule has 4 aromatic carbocycles. The smallest absolute Gasteiger partial charge is 1.00 e. The number of benzene rings is 4. The molecule has 0 aliphatic heterocycles. The van der Waals surface area contributed by atoms with Crippen molar-refractivity contribution in [3.63, 3.8) is 0 Å². The Kier molecular flexibility index (Phi) is 18.5. The van der Waals surface area contributed by atoms with Crippen molar-refractivity contribution in [3.05, 3.63) is 102 Å². The number of phenols is 2. The first-order valence-corrected chi connectivity index (χ1v) is 14.7. The van der Waals surface area contributed by atoms with E-state index in [0.29, 0.717) is 47.6 Å². The molecule has 0 aromatic heterocycles. The van der Waals surface area contributed by atoms with Crippen molar-refractivity contribution in [2.24, 2.45) is 0 Å². The van der Waals surface area contributed by atoms with E-state index in [-0.39, 0.29) is 50.9 Å². The van der Waals surface area contributed by atoms with E-state index in [2.05, 4.69) is 6.58 Å². The van der Waals surface area contributed by atoms with Crippen molar-refractivity contribution >= 4 is 14.0 Å². The summed E-state index contributed by atoms with van der Waals surface area (Å²) in [7, 11) is 9.61. The van der Waals surface area contributed by atoms with Crippen molar-refractivity contribution in [1.29, 1.82) is 0 Å². The summed E-state index contributed by atoms with van der Waals surface area (Å²) < 4.78 is 31.5. The molecule has 11 heteroatoms. The molecule has 48 heavy (non-hydrogen) atoms. The number of aromatic hydroxyl groups is 2. The summed E-state index contributed by atoms with van der Waals surface area (Å²) in [6.07, 6.45) is 1.71. The normalized spacial score (nSPS) is 10.6. The van der Waals surface area contributed by atoms with Crippen LogP contribution in [0, 0.1) is 0 Å². The van der Waals surface area contributed by atoms with E-state index in [1.165, 1.54) is 6.07 Å². The van der Waals surface area contributed by atoms with Gasteiger partial charge in [-0.15, -0.1) is 0 Å². The van der Waals surface area contributed by atoms with Crippen molar-refractivity contribution in [3.8, 4) is 46.0 Å². The largest absolute Gasteiger partial charge is 1.00 e. The van der Waals surface area contributed by atoms with E-state index < -0.39 is 6.10 Å². The molecule has 0 saturated heterocycles. The summed E-state index contributed by atoms with van der Waals surface area (Å²) in [6.45, 7) is 4.08. The minimum Gasteiger partial charge on any atom is -1.00 e. The van der Waals surface area contributed by atoms with Gasteiger partial charge in [0.15, 0.2) is 0 Å². The summed E-state index contributed by atoms with van der Waals surface area (Å²) >= 11 is 0. The minimum atomic E-state index is -0.795. The molecule has 0 aliphatic carbocycles. The number of allylic oxidation sites excluding steroid dienone is 1. The van der Waals surface area contributed by atoms with Gasteiger partial charge in [-0.2, -0.15) is 0 Å². The standard InChI is InChI=1S/C19H22O4.C18H22O5.B.Na.H/c1-13(17-11-15(21-2)9-10-18(17)20)5-6-14-7-8-16(22-3)12-19(14)23-4;1-21-13-7-9-17(20)15(10-13)16(19)8-5-12-4-6-14(22-2)11-18(12)23-3;;;/h7-12,20H,1,5-6H2,2-4H3;4,6-7,9-11,16,19-20H,5,8H2,1-3H3;;;/q;;;+1;-1. The van der Waals surface area contributed by atoms with Crippen LogP contribution in [0.15, 0.2) is 79.4 Å². The molecule has 4 aromatic rings. The first-order valence-electron chi connectivity index (χ1n) is 14.7. The van der Waals surface area contributed by atoms with E-state index in [4.69, 9.17) is 28.4 Å². The van der Waals surface area contributed by atoms with E-state index in [1.54, 1.807) is 73.0 Å². The molecule has 0 bridgehead atoms. The van der Waals surface area contributed by atoms with Gasteiger partial charge in [-0.3, -0.25) is 0 Å². The summed E-state index contributed by atoms with van der Waals surface area (Å²) in [5, 5.41) is 30.3. The number of ether oxygens (including phenoxy) is 6. The molecule has 0 amide bonds. The number of methoxy groups -OCH3 is 6. The molecule has 3 radical (unpaired) electrons. The molecule has 4 rings (SSSR count). The molecule has 9 nitrogen and oxygen atoms in total. The van der Waals surface area contributed by atoms with Crippen LogP contribution in [-0.2, 0) is 12.8 Å². The number of phenolic OH excluding ortho intramolecular Hbond substituents is 2. The Hall–Kier alpha value is -3.96. The van der Waals surface area contributed by atoms with E-state index >= 15 is 0 Å².